The van der Waals surface area contributed by atoms with Crippen molar-refractivity contribution in [3.05, 3.63) is 0 Å². The third-order valence-electron chi connectivity index (χ3n) is 18.8. The van der Waals surface area contributed by atoms with Crippen LogP contribution in [0.5, 0.6) is 0 Å². The number of nitrogens with one attached hydrogen (secondary N) is 1. The Bertz CT molecular complexity index is 1720. The second-order valence-corrected chi connectivity index (χ2v) is 24.8. The van der Waals surface area contributed by atoms with Gasteiger partial charge < -0.3 is 35.1 Å². The number of hydrogen-bond acceptors (Lipinski definition) is 11. The molecule has 0 unspecified atom stereocenters. The summed E-state index contributed by atoms with van der Waals surface area (Å²) in [5.41, 5.74) is 5.48. The van der Waals surface area contributed by atoms with Crippen molar-refractivity contribution in [1.82, 2.24) is 15.1 Å². The van der Waals surface area contributed by atoms with Crippen LogP contribution in [0.1, 0.15) is 190 Å². The van der Waals surface area contributed by atoms with Crippen molar-refractivity contribution in [2.24, 2.45) is 64.9 Å². The Balaban J connectivity index is 0.000000166. The zero-order chi connectivity index (χ0) is 44.8. The van der Waals surface area contributed by atoms with Crippen LogP contribution in [0.3, 0.4) is 0 Å². The van der Waals surface area contributed by atoms with Crippen LogP contribution in [0.2, 0.25) is 0 Å². The summed E-state index contributed by atoms with van der Waals surface area (Å²) < 4.78 is 19.1. The largest absolute Gasteiger partial charge is 0.444 e. The normalized spacial score (nSPS) is 44.1. The Morgan fingerprint density at radius 2 is 0.970 bits per heavy atom. The summed E-state index contributed by atoms with van der Waals surface area (Å²) in [6.45, 7) is 8.54. The number of carbonyl (C=O) groups excluding carboxylic acids is 3. The maximum absolute atomic E-state index is 13.2. The Morgan fingerprint density at radius 1 is 0.582 bits per heavy atom. The number of piperidine rings is 2. The van der Waals surface area contributed by atoms with E-state index in [-0.39, 0.29) is 50.8 Å². The molecule has 8 bridgehead atoms. The Hall–Kier alpha value is -2.07. The monoisotopic (exact) mass is 941 g/mol. The number of amides is 3. The van der Waals surface area contributed by atoms with Gasteiger partial charge in [0.15, 0.2) is 0 Å². The summed E-state index contributed by atoms with van der Waals surface area (Å²) in [4.78, 5) is 66.6. The quantitative estimate of drug-likeness (QED) is 0.253. The molecule has 14 fully saturated rings. The number of alkyl carbamates (subject to hydrolysis) is 1. The highest BCUT2D eigenvalue weighted by Crippen LogP contribution is 2.65. The molecule has 4 heterocycles. The van der Waals surface area contributed by atoms with Gasteiger partial charge in [0.25, 0.3) is 0 Å². The van der Waals surface area contributed by atoms with E-state index in [1.807, 2.05) is 30.6 Å². The van der Waals surface area contributed by atoms with Crippen LogP contribution in [0.15, 0.2) is 0 Å². The lowest BCUT2D eigenvalue weighted by atomic mass is 9.53. The molecule has 10 saturated carbocycles. The van der Waals surface area contributed by atoms with Crippen molar-refractivity contribution in [2.75, 3.05) is 26.2 Å². The minimum Gasteiger partial charge on any atom is -0.444 e. The van der Waals surface area contributed by atoms with Crippen LogP contribution >= 0.6 is 0 Å². The number of likely N-dealkylation sites (tertiary alicyclic amines) is 2. The van der Waals surface area contributed by atoms with Crippen LogP contribution in [0.25, 0.3) is 0 Å². The van der Waals surface area contributed by atoms with Crippen LogP contribution < -0.4 is 11.1 Å². The molecule has 380 valence electrons. The van der Waals surface area contributed by atoms with Crippen LogP contribution in [0, 0.1) is 59.2 Å². The van der Waals surface area contributed by atoms with Crippen molar-refractivity contribution < 1.29 is 48.1 Å². The summed E-state index contributed by atoms with van der Waals surface area (Å²) in [5, 5.41) is 2.95. The fourth-order valence-corrected chi connectivity index (χ4v) is 16.2. The first-order valence-corrected chi connectivity index (χ1v) is 26.6. The molecule has 14 heteroatoms. The minimum atomic E-state index is -0.678. The number of ether oxygens (including phenoxy) is 3. The first-order chi connectivity index (χ1) is 31.1. The lowest BCUT2D eigenvalue weighted by Gasteiger charge is -2.57. The van der Waals surface area contributed by atoms with Crippen molar-refractivity contribution in [3.63, 3.8) is 0 Å². The molecule has 14 nitrogen and oxygen atoms in total. The van der Waals surface area contributed by atoms with Crippen molar-refractivity contribution in [2.45, 2.75) is 231 Å². The topological polar surface area (TPSA) is 160 Å². The Morgan fingerprint density at radius 3 is 1.36 bits per heavy atom. The number of carbonyl (C=O) groups is 3. The minimum absolute atomic E-state index is 0. The zero-order valence-electron chi connectivity index (χ0n) is 39.8. The van der Waals surface area contributed by atoms with Gasteiger partial charge in [-0.25, -0.2) is 4.79 Å². The fraction of sp³-hybridized carbons (Fsp3) is 0.943. The van der Waals surface area contributed by atoms with E-state index in [1.54, 1.807) is 0 Å². The van der Waals surface area contributed by atoms with E-state index in [4.69, 9.17) is 39.5 Å². The van der Waals surface area contributed by atoms with E-state index >= 15 is 0 Å². The highest BCUT2D eigenvalue weighted by molar-refractivity contribution is 5.77. The summed E-state index contributed by atoms with van der Waals surface area (Å²) >= 11 is 0. The van der Waals surface area contributed by atoms with Gasteiger partial charge in [0.2, 0.25) is 35.0 Å². The number of nitrogens with two attached hydrogens (primary N) is 1. The first kappa shape index (κ1) is 49.9. The van der Waals surface area contributed by atoms with Crippen LogP contribution in [-0.2, 0) is 43.3 Å². The molecular weight excluding hydrogens is 853 g/mol. The molecule has 14 aliphatic rings. The second kappa shape index (κ2) is 19.2. The van der Waals surface area contributed by atoms with Gasteiger partial charge in [-0.2, -0.15) is 19.6 Å². The third-order valence-corrected chi connectivity index (χ3v) is 18.8. The molecule has 0 aromatic carbocycles. The molecule has 3 amide bonds. The predicted octanol–water partition coefficient (Wildman–Crippen LogP) is 9.53. The molecule has 3 N–H and O–H groups in total. The van der Waals surface area contributed by atoms with Crippen molar-refractivity contribution in [1.29, 1.82) is 0 Å². The van der Waals surface area contributed by atoms with E-state index in [1.165, 1.54) is 64.2 Å². The maximum Gasteiger partial charge on any atom is 0.407 e. The number of nitrogens with zero attached hydrogens (tertiary/aromatic N) is 2. The maximum atomic E-state index is 13.2. The molecular formula is C53H88N4O10. The molecule has 0 radical (unpaired) electrons. The summed E-state index contributed by atoms with van der Waals surface area (Å²) in [7, 11) is 0. The molecule has 4 saturated heterocycles. The van der Waals surface area contributed by atoms with E-state index < -0.39 is 28.7 Å². The molecule has 4 aliphatic heterocycles. The van der Waals surface area contributed by atoms with Gasteiger partial charge in [0.1, 0.15) is 5.60 Å². The van der Waals surface area contributed by atoms with Gasteiger partial charge >= 0.3 is 6.09 Å². The average Bonchev–Trinajstić information content (AvgIpc) is 3.80. The fourth-order valence-electron chi connectivity index (χ4n) is 16.2. The van der Waals surface area contributed by atoms with Crippen molar-refractivity contribution in [3.8, 4) is 0 Å². The summed E-state index contributed by atoms with van der Waals surface area (Å²) in [6.07, 6.45) is 24.2. The molecule has 10 aliphatic carbocycles. The van der Waals surface area contributed by atoms with Gasteiger partial charge in [-0.1, -0.05) is 14.9 Å². The number of hydrogen-bond donors (Lipinski definition) is 2. The Labute approximate surface area is 401 Å². The standard InChI is InChI=1S/C28H44N2O6.C23H36N2O4.2CH4/c1-26(2,3)33-25(32)29-23-6-9-30(10-7-23)24(31)16-18-5-4-8-27(17-18)34-28(36-35-27)21-12-19-11-20(14-21)15-22(28)13-19;24-20-3-6-25(7-4-20)21(26)13-15-2-1-5-22(14-15)27-23(29-28-22)18-9-16-8-17(11-18)12-19(23)10-16;;/h18-23H,4-17H2,1-3H3,(H,29,32);15-20H,1-14,24H2;2*1H4/t18-,19?,20?,21?,22?,27+,28?;15-,16?,17?,18?,19?,22+,23?;;/m00../s1. The second-order valence-electron chi connectivity index (χ2n) is 24.8. The van der Waals surface area contributed by atoms with Gasteiger partial charge in [-0.05, 0) is 172 Å². The number of rotatable bonds is 5. The zero-order valence-corrected chi connectivity index (χ0v) is 39.8. The third kappa shape index (κ3) is 9.96. The molecule has 0 aromatic rings. The van der Waals surface area contributed by atoms with Gasteiger partial charge in [0.05, 0.1) is 0 Å². The first-order valence-electron chi connectivity index (χ1n) is 26.6. The van der Waals surface area contributed by atoms with Crippen LogP contribution in [-0.4, -0.2) is 94.7 Å². The molecule has 67 heavy (non-hydrogen) atoms. The summed E-state index contributed by atoms with van der Waals surface area (Å²) in [5.74, 6) is 4.09. The van der Waals surface area contributed by atoms with E-state index in [0.717, 1.165) is 114 Å². The van der Waals surface area contributed by atoms with E-state index in [9.17, 15) is 14.4 Å². The van der Waals surface area contributed by atoms with Crippen molar-refractivity contribution >= 4 is 17.9 Å². The summed E-state index contributed by atoms with van der Waals surface area (Å²) in [6, 6.07) is 0.308. The lowest BCUT2D eigenvalue weighted by molar-refractivity contribution is -0.390. The predicted molar refractivity (Wildman–Crippen MR) is 251 cm³/mol. The molecule has 4 spiro atoms. The van der Waals surface area contributed by atoms with Gasteiger partial charge in [-0.15, -0.1) is 0 Å². The smallest absolute Gasteiger partial charge is 0.407 e. The lowest BCUT2D eigenvalue weighted by Crippen LogP contribution is -2.59. The van der Waals surface area contributed by atoms with Gasteiger partial charge in [0, 0.05) is 100 Å². The molecule has 0 aromatic heterocycles. The highest BCUT2D eigenvalue weighted by atomic mass is 17.3. The van der Waals surface area contributed by atoms with Crippen LogP contribution in [0.4, 0.5) is 4.79 Å². The SMILES string of the molecule is C.C.CC(C)(C)OC(=O)NC1CCN(C(=O)C[C@@H]2CCC[C@]3(C2)OOC2(O3)C3CC4CC(C3)CC2C4)CC1.NC1CCN(C(=O)C[C@@H]2CCC[C@]3(C2)OOC2(O3)C3CC4CC(C3)CC2C4)CC1. The van der Waals surface area contributed by atoms with E-state index in [2.05, 4.69) is 5.32 Å². The van der Waals surface area contributed by atoms with Gasteiger partial charge in [-0.3, -0.25) is 9.59 Å². The molecule has 14 rings (SSSR count). The van der Waals surface area contributed by atoms with E-state index in [0.29, 0.717) is 55.5 Å². The molecule has 4 atom stereocenters. The average molecular weight is 941 g/mol. The Kier molecular flexibility index (Phi) is 14.3. The highest BCUT2D eigenvalue weighted by Gasteiger charge is 2.68.